The fraction of sp³-hybridized carbons (Fsp3) is 0.619. The summed E-state index contributed by atoms with van der Waals surface area (Å²) in [5, 5.41) is 2.71. The average molecular weight is 479 g/mol. The predicted molar refractivity (Wildman–Crippen MR) is 109 cm³/mol. The molecule has 1 N–H and O–H groups in total. The highest BCUT2D eigenvalue weighted by Gasteiger charge is 2.44. The molecule has 2 bridgehead atoms. The maximum atomic E-state index is 13.5. The zero-order chi connectivity index (χ0) is 23.3. The molecule has 1 aromatic carbocycles. The van der Waals surface area contributed by atoms with Gasteiger partial charge in [-0.15, -0.1) is 0 Å². The van der Waals surface area contributed by atoms with Crippen LogP contribution in [0.5, 0.6) is 0 Å². The fourth-order valence-corrected chi connectivity index (χ4v) is 6.29. The van der Waals surface area contributed by atoms with Crippen LogP contribution < -0.4 is 5.32 Å². The van der Waals surface area contributed by atoms with Gasteiger partial charge in [-0.25, -0.2) is 0 Å². The third-order valence-corrected chi connectivity index (χ3v) is 7.63. The second-order valence-electron chi connectivity index (χ2n) is 8.62. The summed E-state index contributed by atoms with van der Waals surface area (Å²) in [4.78, 5) is 17.6. The van der Waals surface area contributed by atoms with Crippen molar-refractivity contribution < 1.29 is 31.1 Å². The Hall–Kier alpha value is -1.75. The molecule has 176 valence electrons. The van der Waals surface area contributed by atoms with Crippen molar-refractivity contribution in [2.45, 2.75) is 68.3 Å². The number of carbonyl (C=O) groups is 1. The SMILES string of the molecule is CNC1=NC(=O)SC1C[C@@H]1C[C@H]2CC[C@@H](C1)N2Cc1ccc(C(F)(F)F)cc1C(F)(F)F. The molecule has 1 unspecified atom stereocenters. The Morgan fingerprint density at radius 2 is 1.75 bits per heavy atom. The smallest absolute Gasteiger partial charge is 0.376 e. The molecule has 3 heterocycles. The minimum atomic E-state index is -4.86. The Morgan fingerprint density at radius 1 is 1.09 bits per heavy atom. The first-order valence-electron chi connectivity index (χ1n) is 10.5. The summed E-state index contributed by atoms with van der Waals surface area (Å²) in [7, 11) is 1.72. The van der Waals surface area contributed by atoms with Crippen LogP contribution in [0.15, 0.2) is 23.2 Å². The summed E-state index contributed by atoms with van der Waals surface area (Å²) in [5.41, 5.74) is -2.63. The maximum absolute atomic E-state index is 13.5. The van der Waals surface area contributed by atoms with E-state index in [9.17, 15) is 31.1 Å². The first-order chi connectivity index (χ1) is 15.0. The number of rotatable bonds is 4. The van der Waals surface area contributed by atoms with Gasteiger partial charge in [0.2, 0.25) is 0 Å². The number of benzene rings is 1. The highest BCUT2D eigenvalue weighted by molar-refractivity contribution is 8.15. The monoisotopic (exact) mass is 479 g/mol. The molecule has 0 aromatic heterocycles. The summed E-state index contributed by atoms with van der Waals surface area (Å²) < 4.78 is 79.5. The number of fused-ring (bicyclic) bond motifs is 2. The number of aliphatic imine (C=N–C) groups is 1. The zero-order valence-corrected chi connectivity index (χ0v) is 18.1. The lowest BCUT2D eigenvalue weighted by Crippen LogP contribution is -2.43. The number of hydrogen-bond donors (Lipinski definition) is 1. The van der Waals surface area contributed by atoms with Gasteiger partial charge in [-0.1, -0.05) is 17.8 Å². The highest BCUT2D eigenvalue weighted by Crippen LogP contribution is 2.44. The Kier molecular flexibility index (Phi) is 6.26. The minimum absolute atomic E-state index is 0.0189. The predicted octanol–water partition coefficient (Wildman–Crippen LogP) is 5.71. The van der Waals surface area contributed by atoms with Crippen molar-refractivity contribution in [2.75, 3.05) is 7.05 Å². The number of halogens is 6. The van der Waals surface area contributed by atoms with Crippen LogP contribution in [0.25, 0.3) is 0 Å². The molecule has 2 saturated heterocycles. The quantitative estimate of drug-likeness (QED) is 0.562. The Labute approximate surface area is 185 Å². The van der Waals surface area contributed by atoms with Crippen LogP contribution in [0.3, 0.4) is 0 Å². The topological polar surface area (TPSA) is 44.7 Å². The van der Waals surface area contributed by atoms with Crippen LogP contribution in [0.1, 0.15) is 48.8 Å². The van der Waals surface area contributed by atoms with E-state index >= 15 is 0 Å². The molecule has 4 atom stereocenters. The number of hydrogen-bond acceptors (Lipinski definition) is 4. The maximum Gasteiger partial charge on any atom is 0.416 e. The second kappa shape index (κ2) is 8.55. The largest absolute Gasteiger partial charge is 0.416 e. The van der Waals surface area contributed by atoms with E-state index in [0.29, 0.717) is 11.8 Å². The van der Waals surface area contributed by atoms with Crippen LogP contribution in [0.2, 0.25) is 0 Å². The van der Waals surface area contributed by atoms with Gasteiger partial charge in [-0.05, 0) is 55.7 Å². The van der Waals surface area contributed by atoms with E-state index in [4.69, 9.17) is 0 Å². The van der Waals surface area contributed by atoms with Crippen molar-refractivity contribution in [3.05, 3.63) is 34.9 Å². The lowest BCUT2D eigenvalue weighted by atomic mass is 9.86. The first-order valence-corrected chi connectivity index (χ1v) is 11.3. The number of alkyl halides is 6. The van der Waals surface area contributed by atoms with Crippen LogP contribution >= 0.6 is 11.8 Å². The number of amidine groups is 1. The molecule has 3 aliphatic rings. The van der Waals surface area contributed by atoms with Crippen molar-refractivity contribution in [3.8, 4) is 0 Å². The molecule has 4 rings (SSSR count). The number of amides is 1. The molecule has 0 spiro atoms. The molecule has 0 radical (unpaired) electrons. The van der Waals surface area contributed by atoms with Gasteiger partial charge in [-0.2, -0.15) is 31.3 Å². The number of carbonyl (C=O) groups excluding carboxylic acids is 1. The van der Waals surface area contributed by atoms with Gasteiger partial charge in [0.1, 0.15) is 5.84 Å². The molecule has 2 fully saturated rings. The van der Waals surface area contributed by atoms with Crippen LogP contribution in [0.4, 0.5) is 31.1 Å². The number of nitrogens with one attached hydrogen (secondary N) is 1. The van der Waals surface area contributed by atoms with Gasteiger partial charge < -0.3 is 5.32 Å². The van der Waals surface area contributed by atoms with E-state index in [1.54, 1.807) is 7.05 Å². The average Bonchev–Trinajstić information content (AvgIpc) is 3.15. The Balaban J connectivity index is 1.48. The van der Waals surface area contributed by atoms with Crippen LogP contribution in [0, 0.1) is 5.92 Å². The highest BCUT2D eigenvalue weighted by atomic mass is 32.2. The van der Waals surface area contributed by atoms with E-state index in [1.807, 2.05) is 4.90 Å². The van der Waals surface area contributed by atoms with Gasteiger partial charge >= 0.3 is 17.6 Å². The molecule has 1 aromatic rings. The Morgan fingerprint density at radius 3 is 2.31 bits per heavy atom. The summed E-state index contributed by atoms with van der Waals surface area (Å²) in [6.45, 7) is -0.0189. The van der Waals surface area contributed by atoms with Crippen LogP contribution in [-0.4, -0.2) is 40.4 Å². The van der Waals surface area contributed by atoms with E-state index < -0.39 is 23.5 Å². The van der Waals surface area contributed by atoms with Gasteiger partial charge in [0, 0.05) is 25.7 Å². The van der Waals surface area contributed by atoms with E-state index in [1.165, 1.54) is 11.8 Å². The van der Waals surface area contributed by atoms with Crippen molar-refractivity contribution in [1.29, 1.82) is 0 Å². The molecule has 3 aliphatic heterocycles. The van der Waals surface area contributed by atoms with E-state index in [-0.39, 0.29) is 40.7 Å². The molecule has 11 heteroatoms. The van der Waals surface area contributed by atoms with Crippen molar-refractivity contribution in [3.63, 3.8) is 0 Å². The molecule has 1 amide bonds. The molecule has 0 saturated carbocycles. The number of piperidine rings is 1. The number of thioether (sulfide) groups is 1. The first kappa shape index (κ1) is 23.4. The molecular formula is C21H23F6N3OS. The van der Waals surface area contributed by atoms with Crippen molar-refractivity contribution in [1.82, 2.24) is 10.2 Å². The summed E-state index contributed by atoms with van der Waals surface area (Å²) in [6, 6.07) is 2.08. The fourth-order valence-electron chi connectivity index (χ4n) is 5.24. The summed E-state index contributed by atoms with van der Waals surface area (Å²) >= 11 is 1.19. The molecule has 0 aliphatic carbocycles. The minimum Gasteiger partial charge on any atom is -0.376 e. The summed E-state index contributed by atoms with van der Waals surface area (Å²) in [5.74, 6) is 0.981. The third-order valence-electron chi connectivity index (χ3n) is 6.64. The van der Waals surface area contributed by atoms with Crippen molar-refractivity contribution >= 4 is 22.8 Å². The van der Waals surface area contributed by atoms with Gasteiger partial charge in [0.15, 0.2) is 0 Å². The van der Waals surface area contributed by atoms with Gasteiger partial charge in [0.05, 0.1) is 16.4 Å². The standard InChI is InChI=1S/C21H23F6N3OS/c1-28-18-17(32-19(31)29-18)8-11-6-14-4-5-15(7-11)30(14)10-12-2-3-13(20(22,23)24)9-16(12)21(25,26)27/h2-3,9,11,14-15,17H,4-8,10H2,1H3,(H,28,29,31)/t11-,14-,15+,17?. The van der Waals surface area contributed by atoms with Crippen molar-refractivity contribution in [2.24, 2.45) is 10.9 Å². The van der Waals surface area contributed by atoms with E-state index in [2.05, 4.69) is 10.3 Å². The molecule has 4 nitrogen and oxygen atoms in total. The second-order valence-corrected chi connectivity index (χ2v) is 9.77. The van der Waals surface area contributed by atoms with E-state index in [0.717, 1.165) is 44.2 Å². The van der Waals surface area contributed by atoms with Gasteiger partial charge in [-0.3, -0.25) is 9.69 Å². The third kappa shape index (κ3) is 4.78. The van der Waals surface area contributed by atoms with Gasteiger partial charge in [0.25, 0.3) is 0 Å². The zero-order valence-electron chi connectivity index (χ0n) is 17.3. The lowest BCUT2D eigenvalue weighted by molar-refractivity contribution is -0.143. The molecular weight excluding hydrogens is 456 g/mol. The Bertz CT molecular complexity index is 902. The number of nitrogens with zero attached hydrogens (tertiary/aromatic N) is 2. The molecule has 32 heavy (non-hydrogen) atoms. The normalized spacial score (nSPS) is 28.8. The summed E-state index contributed by atoms with van der Waals surface area (Å²) in [6.07, 6.45) is -5.62. The van der Waals surface area contributed by atoms with Crippen LogP contribution in [-0.2, 0) is 18.9 Å². The lowest BCUT2D eigenvalue weighted by Gasteiger charge is -2.40.